The van der Waals surface area contributed by atoms with Crippen LogP contribution in [0.2, 0.25) is 0 Å². The summed E-state index contributed by atoms with van der Waals surface area (Å²) in [5, 5.41) is 21.6. The van der Waals surface area contributed by atoms with Crippen LogP contribution in [-0.4, -0.2) is 27.7 Å². The summed E-state index contributed by atoms with van der Waals surface area (Å²) in [4.78, 5) is 13.2. The average Bonchev–Trinajstić information content (AvgIpc) is 3.01. The minimum absolute atomic E-state index is 0.146. The topological polar surface area (TPSA) is 57.5 Å². The molecule has 4 aliphatic carbocycles. The van der Waals surface area contributed by atoms with Crippen molar-refractivity contribution in [3.8, 4) is 0 Å². The number of ketones is 1. The van der Waals surface area contributed by atoms with E-state index in [1.165, 1.54) is 18.4 Å². The summed E-state index contributed by atoms with van der Waals surface area (Å²) < 4.78 is 0. The molecule has 3 fully saturated rings. The molecule has 2 N–H and O–H groups in total. The largest absolute Gasteiger partial charge is 0.393 e. The summed E-state index contributed by atoms with van der Waals surface area (Å²) in [7, 11) is 0. The van der Waals surface area contributed by atoms with Crippen LogP contribution in [0.4, 0.5) is 0 Å². The third-order valence-corrected chi connectivity index (χ3v) is 9.81. The maximum atomic E-state index is 13.2. The molecule has 4 aliphatic rings. The first-order valence-electron chi connectivity index (χ1n) is 12.4. The summed E-state index contributed by atoms with van der Waals surface area (Å²) in [6.07, 6.45) is 13.5. The van der Waals surface area contributed by atoms with E-state index in [0.29, 0.717) is 30.1 Å². The number of allylic oxidation sites excluding steroid dienone is 3. The van der Waals surface area contributed by atoms with Crippen LogP contribution in [0.3, 0.4) is 0 Å². The summed E-state index contributed by atoms with van der Waals surface area (Å²) in [6.45, 7) is 11.5. The maximum absolute atomic E-state index is 13.2. The van der Waals surface area contributed by atoms with E-state index < -0.39 is 17.1 Å². The molecule has 3 heteroatoms. The fourth-order valence-corrected chi connectivity index (χ4v) is 7.95. The molecule has 0 heterocycles. The number of hydrogen-bond donors (Lipinski definition) is 2. The van der Waals surface area contributed by atoms with Crippen molar-refractivity contribution in [3.05, 3.63) is 23.8 Å². The van der Waals surface area contributed by atoms with Crippen molar-refractivity contribution in [1.82, 2.24) is 0 Å². The molecule has 4 rings (SSSR count). The lowest BCUT2D eigenvalue weighted by molar-refractivity contribution is -0.180. The van der Waals surface area contributed by atoms with Gasteiger partial charge in [0.25, 0.3) is 0 Å². The van der Waals surface area contributed by atoms with Gasteiger partial charge in [-0.2, -0.15) is 0 Å². The van der Waals surface area contributed by atoms with E-state index in [1.54, 1.807) is 0 Å². The number of aliphatic hydroxyl groups is 2. The zero-order valence-electron chi connectivity index (χ0n) is 19.7. The summed E-state index contributed by atoms with van der Waals surface area (Å²) in [5.41, 5.74) is -0.254. The molecule has 3 saturated carbocycles. The van der Waals surface area contributed by atoms with Crippen LogP contribution < -0.4 is 0 Å². The van der Waals surface area contributed by atoms with Gasteiger partial charge < -0.3 is 10.2 Å². The molecular formula is C27H42O3. The summed E-state index contributed by atoms with van der Waals surface area (Å²) in [5.74, 6) is 2.50. The van der Waals surface area contributed by atoms with Gasteiger partial charge in [0.2, 0.25) is 0 Å². The first-order chi connectivity index (χ1) is 14.0. The van der Waals surface area contributed by atoms with Crippen LogP contribution >= 0.6 is 0 Å². The van der Waals surface area contributed by atoms with Crippen LogP contribution in [0, 0.1) is 40.4 Å². The molecule has 0 aromatic heterocycles. The van der Waals surface area contributed by atoms with E-state index in [-0.39, 0.29) is 23.5 Å². The Bertz CT molecular complexity index is 751. The quantitative estimate of drug-likeness (QED) is 0.601. The Morgan fingerprint density at radius 1 is 1.10 bits per heavy atom. The summed E-state index contributed by atoms with van der Waals surface area (Å²) in [6, 6.07) is 0. The zero-order chi connectivity index (χ0) is 21.9. The molecule has 168 valence electrons. The van der Waals surface area contributed by atoms with E-state index in [4.69, 9.17) is 0 Å². The fraction of sp³-hybridized carbons (Fsp3) is 0.815. The van der Waals surface area contributed by atoms with Gasteiger partial charge in [-0.15, -0.1) is 0 Å². The highest BCUT2D eigenvalue weighted by Gasteiger charge is 2.65. The molecule has 3 nitrogen and oxygen atoms in total. The van der Waals surface area contributed by atoms with Crippen molar-refractivity contribution < 1.29 is 15.0 Å². The Kier molecular flexibility index (Phi) is 5.63. The number of aliphatic hydroxyl groups excluding tert-OH is 1. The van der Waals surface area contributed by atoms with E-state index in [1.807, 2.05) is 6.08 Å². The Morgan fingerprint density at radius 3 is 2.53 bits per heavy atom. The smallest absolute Gasteiger partial charge is 0.187 e. The molecule has 0 saturated heterocycles. The van der Waals surface area contributed by atoms with Crippen LogP contribution in [0.1, 0.15) is 86.0 Å². The SMILES string of the molecule is CC(C)CC=CC(C)C1CCC2C3=CC(=O)C4(O)CC(O)CCC4(C)C3CCC21C. The monoisotopic (exact) mass is 414 g/mol. The van der Waals surface area contributed by atoms with Gasteiger partial charge in [-0.3, -0.25) is 4.79 Å². The highest BCUT2D eigenvalue weighted by atomic mass is 16.3. The molecule has 30 heavy (non-hydrogen) atoms. The highest BCUT2D eigenvalue weighted by molar-refractivity contribution is 5.99. The first-order valence-corrected chi connectivity index (χ1v) is 12.4. The molecule has 0 spiro atoms. The first kappa shape index (κ1) is 22.3. The Labute approximate surface area is 183 Å². The van der Waals surface area contributed by atoms with Crippen LogP contribution in [-0.2, 0) is 4.79 Å². The van der Waals surface area contributed by atoms with Crippen molar-refractivity contribution in [1.29, 1.82) is 0 Å². The molecule has 0 aliphatic heterocycles. The van der Waals surface area contributed by atoms with Crippen LogP contribution in [0.5, 0.6) is 0 Å². The minimum atomic E-state index is -1.39. The van der Waals surface area contributed by atoms with Gasteiger partial charge in [0.15, 0.2) is 5.78 Å². The van der Waals surface area contributed by atoms with E-state index in [9.17, 15) is 15.0 Å². The highest BCUT2D eigenvalue weighted by Crippen LogP contribution is 2.67. The van der Waals surface area contributed by atoms with Crippen molar-refractivity contribution in [3.63, 3.8) is 0 Å². The van der Waals surface area contributed by atoms with Crippen molar-refractivity contribution in [2.45, 2.75) is 97.7 Å². The van der Waals surface area contributed by atoms with Gasteiger partial charge in [0.1, 0.15) is 5.60 Å². The number of fused-ring (bicyclic) bond motifs is 5. The molecule has 0 bridgehead atoms. The minimum Gasteiger partial charge on any atom is -0.393 e. The molecule has 0 amide bonds. The Morgan fingerprint density at radius 2 is 1.83 bits per heavy atom. The second-order valence-corrected chi connectivity index (χ2v) is 11.9. The standard InChI is InChI=1S/C27H42O3/c1-17(2)7-6-8-18(3)21-9-10-22-20-15-24(29)27(30)16-19(28)11-14-26(27,5)23(20)12-13-25(21,22)4/h6,8,15,17-19,21-23,28,30H,7,9-14,16H2,1-5H3. The fourth-order valence-electron chi connectivity index (χ4n) is 7.95. The lowest BCUT2D eigenvalue weighted by Crippen LogP contribution is -2.64. The Balaban J connectivity index is 1.62. The molecule has 0 aromatic carbocycles. The summed E-state index contributed by atoms with van der Waals surface area (Å²) >= 11 is 0. The van der Waals surface area contributed by atoms with E-state index in [2.05, 4.69) is 46.8 Å². The normalized spacial score (nSPS) is 47.1. The molecule has 0 radical (unpaired) electrons. The van der Waals surface area contributed by atoms with Crippen molar-refractivity contribution >= 4 is 5.78 Å². The van der Waals surface area contributed by atoms with Crippen LogP contribution in [0.15, 0.2) is 23.8 Å². The molecule has 0 aromatic rings. The molecule has 8 atom stereocenters. The van der Waals surface area contributed by atoms with Crippen molar-refractivity contribution in [2.75, 3.05) is 0 Å². The third-order valence-electron chi connectivity index (χ3n) is 9.81. The van der Waals surface area contributed by atoms with Crippen molar-refractivity contribution in [2.24, 2.45) is 40.4 Å². The predicted octanol–water partition coefficient (Wildman–Crippen LogP) is 5.46. The number of carbonyl (C=O) groups is 1. The second kappa shape index (κ2) is 7.59. The van der Waals surface area contributed by atoms with Gasteiger partial charge in [0, 0.05) is 11.8 Å². The zero-order valence-corrected chi connectivity index (χ0v) is 19.7. The van der Waals surface area contributed by atoms with Crippen LogP contribution in [0.25, 0.3) is 0 Å². The maximum Gasteiger partial charge on any atom is 0.187 e. The van der Waals surface area contributed by atoms with E-state index in [0.717, 1.165) is 25.7 Å². The second-order valence-electron chi connectivity index (χ2n) is 11.9. The lowest BCUT2D eigenvalue weighted by Gasteiger charge is -2.59. The van der Waals surface area contributed by atoms with Gasteiger partial charge in [0.05, 0.1) is 6.10 Å². The van der Waals surface area contributed by atoms with Gasteiger partial charge >= 0.3 is 0 Å². The lowest BCUT2D eigenvalue weighted by atomic mass is 9.46. The van der Waals surface area contributed by atoms with Gasteiger partial charge in [-0.05, 0) is 86.0 Å². The average molecular weight is 415 g/mol. The number of hydrogen-bond acceptors (Lipinski definition) is 3. The number of rotatable bonds is 4. The Hall–Kier alpha value is -0.930. The van der Waals surface area contributed by atoms with E-state index >= 15 is 0 Å². The predicted molar refractivity (Wildman–Crippen MR) is 121 cm³/mol. The molecular weight excluding hydrogens is 372 g/mol. The van der Waals surface area contributed by atoms with Gasteiger partial charge in [-0.25, -0.2) is 0 Å². The van der Waals surface area contributed by atoms with Gasteiger partial charge in [-0.1, -0.05) is 52.3 Å². The number of carbonyl (C=O) groups excluding carboxylic acids is 1. The molecule has 8 unspecified atom stereocenters. The third kappa shape index (κ3) is 3.18.